The van der Waals surface area contributed by atoms with Gasteiger partial charge in [-0.25, -0.2) is 9.78 Å². The van der Waals surface area contributed by atoms with Crippen molar-refractivity contribution in [1.82, 2.24) is 10.3 Å². The maximum absolute atomic E-state index is 11.9. The van der Waals surface area contributed by atoms with Crippen LogP contribution in [0.15, 0.2) is 42.5 Å². The van der Waals surface area contributed by atoms with Gasteiger partial charge in [-0.3, -0.25) is 5.32 Å². The fraction of sp³-hybridized carbons (Fsp3) is 0.250. The Balaban J connectivity index is 1.86. The summed E-state index contributed by atoms with van der Waals surface area (Å²) in [6, 6.07) is 12.1. The fourth-order valence-electron chi connectivity index (χ4n) is 2.03. The van der Waals surface area contributed by atoms with E-state index in [-0.39, 0.29) is 17.8 Å². The normalized spacial score (nSPS) is 11.7. The smallest absolute Gasteiger partial charge is 0.320 e. The Labute approximate surface area is 124 Å². The molecular weight excluding hydrogens is 266 g/mol. The van der Waals surface area contributed by atoms with E-state index in [0.29, 0.717) is 12.2 Å². The van der Waals surface area contributed by atoms with Crippen molar-refractivity contribution in [2.45, 2.75) is 26.3 Å². The Morgan fingerprint density at radius 2 is 1.95 bits per heavy atom. The fourth-order valence-corrected chi connectivity index (χ4v) is 2.03. The molecule has 0 aliphatic heterocycles. The first-order chi connectivity index (χ1) is 10.0. The van der Waals surface area contributed by atoms with Crippen LogP contribution in [0.5, 0.6) is 5.75 Å². The number of urea groups is 1. The van der Waals surface area contributed by atoms with Crippen molar-refractivity contribution in [3.05, 3.63) is 53.7 Å². The molecule has 5 heteroatoms. The number of phenols is 1. The summed E-state index contributed by atoms with van der Waals surface area (Å²) < 4.78 is 0. The summed E-state index contributed by atoms with van der Waals surface area (Å²) in [7, 11) is 0. The zero-order valence-electron chi connectivity index (χ0n) is 12.1. The summed E-state index contributed by atoms with van der Waals surface area (Å²) in [6.45, 7) is 3.80. The molecule has 0 saturated heterocycles. The highest BCUT2D eigenvalue weighted by molar-refractivity contribution is 5.88. The third-order valence-electron chi connectivity index (χ3n) is 2.99. The van der Waals surface area contributed by atoms with Crippen LogP contribution in [-0.4, -0.2) is 22.2 Å². The van der Waals surface area contributed by atoms with Crippen LogP contribution in [0.25, 0.3) is 0 Å². The SMILES string of the molecule is Cc1cccc(NC(=O)N[C@H](C)Cc2ccc(O)cc2)n1. The molecule has 0 radical (unpaired) electrons. The molecule has 21 heavy (non-hydrogen) atoms. The number of pyridine rings is 1. The summed E-state index contributed by atoms with van der Waals surface area (Å²) in [5.41, 5.74) is 1.90. The minimum atomic E-state index is -0.278. The van der Waals surface area contributed by atoms with Crippen molar-refractivity contribution in [3.63, 3.8) is 0 Å². The molecule has 1 aromatic heterocycles. The number of nitrogens with one attached hydrogen (secondary N) is 2. The monoisotopic (exact) mass is 285 g/mol. The van der Waals surface area contributed by atoms with E-state index >= 15 is 0 Å². The first kappa shape index (κ1) is 14.8. The van der Waals surface area contributed by atoms with E-state index in [2.05, 4.69) is 15.6 Å². The Hall–Kier alpha value is -2.56. The molecule has 0 fully saturated rings. The molecule has 0 bridgehead atoms. The summed E-state index contributed by atoms with van der Waals surface area (Å²) in [5.74, 6) is 0.770. The first-order valence-corrected chi connectivity index (χ1v) is 6.82. The lowest BCUT2D eigenvalue weighted by Gasteiger charge is -2.14. The molecular formula is C16H19N3O2. The van der Waals surface area contributed by atoms with Gasteiger partial charge in [-0.1, -0.05) is 18.2 Å². The highest BCUT2D eigenvalue weighted by atomic mass is 16.3. The zero-order valence-corrected chi connectivity index (χ0v) is 12.1. The van der Waals surface area contributed by atoms with E-state index in [1.807, 2.05) is 38.1 Å². The molecule has 1 aromatic carbocycles. The summed E-state index contributed by atoms with van der Waals surface area (Å²) in [6.07, 6.45) is 0.689. The van der Waals surface area contributed by atoms with Crippen molar-refractivity contribution < 1.29 is 9.90 Å². The first-order valence-electron chi connectivity index (χ1n) is 6.82. The lowest BCUT2D eigenvalue weighted by molar-refractivity contribution is 0.249. The van der Waals surface area contributed by atoms with E-state index < -0.39 is 0 Å². The summed E-state index contributed by atoms with van der Waals surface area (Å²) in [5, 5.41) is 14.8. The Bertz CT molecular complexity index is 611. The Morgan fingerprint density at radius 1 is 1.24 bits per heavy atom. The topological polar surface area (TPSA) is 74.2 Å². The number of anilines is 1. The van der Waals surface area contributed by atoms with Crippen molar-refractivity contribution in [1.29, 1.82) is 0 Å². The lowest BCUT2D eigenvalue weighted by Crippen LogP contribution is -2.37. The Kier molecular flexibility index (Phi) is 4.77. The molecule has 0 unspecified atom stereocenters. The molecule has 0 aliphatic carbocycles. The van der Waals surface area contributed by atoms with Crippen LogP contribution >= 0.6 is 0 Å². The number of rotatable bonds is 4. The lowest BCUT2D eigenvalue weighted by atomic mass is 10.1. The number of hydrogen-bond donors (Lipinski definition) is 3. The maximum Gasteiger partial charge on any atom is 0.320 e. The van der Waals surface area contributed by atoms with Gasteiger partial charge in [0.15, 0.2) is 0 Å². The van der Waals surface area contributed by atoms with E-state index in [4.69, 9.17) is 0 Å². The van der Waals surface area contributed by atoms with Crippen LogP contribution in [0.3, 0.4) is 0 Å². The minimum absolute atomic E-state index is 0.0284. The molecule has 0 aliphatic rings. The van der Waals surface area contributed by atoms with Crippen LogP contribution in [0.2, 0.25) is 0 Å². The second-order valence-electron chi connectivity index (χ2n) is 5.03. The van der Waals surface area contributed by atoms with Crippen LogP contribution < -0.4 is 10.6 Å². The van der Waals surface area contributed by atoms with E-state index in [9.17, 15) is 9.90 Å². The summed E-state index contributed by atoms with van der Waals surface area (Å²) >= 11 is 0. The van der Waals surface area contributed by atoms with Gasteiger partial charge in [0, 0.05) is 11.7 Å². The van der Waals surface area contributed by atoms with Gasteiger partial charge in [-0.2, -0.15) is 0 Å². The quantitative estimate of drug-likeness (QED) is 0.808. The molecule has 2 aromatic rings. The van der Waals surface area contributed by atoms with Crippen LogP contribution in [0, 0.1) is 6.92 Å². The molecule has 0 spiro atoms. The van der Waals surface area contributed by atoms with Gasteiger partial charge in [0.1, 0.15) is 11.6 Å². The molecule has 110 valence electrons. The third-order valence-corrected chi connectivity index (χ3v) is 2.99. The molecule has 2 rings (SSSR count). The Morgan fingerprint density at radius 3 is 2.62 bits per heavy atom. The molecule has 1 heterocycles. The number of aromatic hydroxyl groups is 1. The van der Waals surface area contributed by atoms with Crippen LogP contribution in [0.1, 0.15) is 18.2 Å². The van der Waals surface area contributed by atoms with E-state index in [1.165, 1.54) is 0 Å². The second kappa shape index (κ2) is 6.74. The molecule has 5 nitrogen and oxygen atoms in total. The number of amides is 2. The van der Waals surface area contributed by atoms with Crippen molar-refractivity contribution in [2.75, 3.05) is 5.32 Å². The van der Waals surface area contributed by atoms with E-state index in [1.54, 1.807) is 18.2 Å². The number of carbonyl (C=O) groups is 1. The van der Waals surface area contributed by atoms with Gasteiger partial charge in [0.05, 0.1) is 0 Å². The molecule has 1 atom stereocenters. The number of aryl methyl sites for hydroxylation is 1. The molecule has 3 N–H and O–H groups in total. The summed E-state index contributed by atoms with van der Waals surface area (Å²) in [4.78, 5) is 16.1. The average Bonchev–Trinajstić information content (AvgIpc) is 2.41. The van der Waals surface area contributed by atoms with Crippen molar-refractivity contribution in [3.8, 4) is 5.75 Å². The van der Waals surface area contributed by atoms with E-state index in [0.717, 1.165) is 11.3 Å². The average molecular weight is 285 g/mol. The third kappa shape index (κ3) is 4.80. The largest absolute Gasteiger partial charge is 0.508 e. The molecule has 2 amide bonds. The molecule has 0 saturated carbocycles. The predicted molar refractivity (Wildman–Crippen MR) is 82.4 cm³/mol. The van der Waals surface area contributed by atoms with Crippen molar-refractivity contribution in [2.24, 2.45) is 0 Å². The second-order valence-corrected chi connectivity index (χ2v) is 5.03. The number of hydrogen-bond acceptors (Lipinski definition) is 3. The highest BCUT2D eigenvalue weighted by Gasteiger charge is 2.09. The number of carbonyl (C=O) groups excluding carboxylic acids is 1. The number of benzene rings is 1. The minimum Gasteiger partial charge on any atom is -0.508 e. The standard InChI is InChI=1S/C16H19N3O2/c1-11-4-3-5-15(17-11)19-16(21)18-12(2)10-13-6-8-14(20)9-7-13/h3-9,12,20H,10H2,1-2H3,(H2,17,18,19,21)/t12-/m1/s1. The van der Waals surface area contributed by atoms with Gasteiger partial charge in [-0.05, 0) is 50.1 Å². The van der Waals surface area contributed by atoms with Crippen LogP contribution in [0.4, 0.5) is 10.6 Å². The van der Waals surface area contributed by atoms with Gasteiger partial charge in [-0.15, -0.1) is 0 Å². The number of aromatic nitrogens is 1. The van der Waals surface area contributed by atoms with Gasteiger partial charge in [0.2, 0.25) is 0 Å². The van der Waals surface area contributed by atoms with Gasteiger partial charge in [0.25, 0.3) is 0 Å². The van der Waals surface area contributed by atoms with Crippen LogP contribution in [-0.2, 0) is 6.42 Å². The van der Waals surface area contributed by atoms with Gasteiger partial charge >= 0.3 is 6.03 Å². The number of nitrogens with zero attached hydrogens (tertiary/aromatic N) is 1. The maximum atomic E-state index is 11.9. The number of phenolic OH excluding ortho intramolecular Hbond substituents is 1. The zero-order chi connectivity index (χ0) is 15.2. The van der Waals surface area contributed by atoms with Gasteiger partial charge < -0.3 is 10.4 Å². The highest BCUT2D eigenvalue weighted by Crippen LogP contribution is 2.11. The predicted octanol–water partition coefficient (Wildman–Crippen LogP) is 2.85. The van der Waals surface area contributed by atoms with Crippen molar-refractivity contribution >= 4 is 11.8 Å².